The Bertz CT molecular complexity index is 941. The summed E-state index contributed by atoms with van der Waals surface area (Å²) in [7, 11) is 0. The Morgan fingerprint density at radius 1 is 0.815 bits per heavy atom. The maximum atomic E-state index is 6.37. The van der Waals surface area contributed by atoms with E-state index < -0.39 is 0 Å². The molecule has 0 heterocycles. The van der Waals surface area contributed by atoms with Crippen molar-refractivity contribution in [2.75, 3.05) is 5.32 Å². The predicted octanol–water partition coefficient (Wildman–Crippen LogP) is 8.25. The fourth-order valence-corrected chi connectivity index (χ4v) is 3.69. The van der Waals surface area contributed by atoms with E-state index in [1.165, 1.54) is 0 Å². The van der Waals surface area contributed by atoms with Crippen LogP contribution in [0.1, 0.15) is 11.1 Å². The molecule has 27 heavy (non-hydrogen) atoms. The quantitative estimate of drug-likeness (QED) is 0.364. The monoisotopic (exact) mass is 503 g/mol. The second-order valence-electron chi connectivity index (χ2n) is 5.75. The summed E-state index contributed by atoms with van der Waals surface area (Å²) in [5.41, 5.74) is 2.69. The predicted molar refractivity (Wildman–Crippen MR) is 119 cm³/mol. The molecular formula is C20H14BrCl4NO. The number of nitrogens with one attached hydrogen (secondary N) is 1. The van der Waals surface area contributed by atoms with Crippen LogP contribution in [0.4, 0.5) is 5.69 Å². The van der Waals surface area contributed by atoms with Crippen molar-refractivity contribution in [2.45, 2.75) is 13.2 Å². The van der Waals surface area contributed by atoms with Crippen LogP contribution in [-0.4, -0.2) is 0 Å². The van der Waals surface area contributed by atoms with Gasteiger partial charge in [0.1, 0.15) is 6.61 Å². The molecule has 0 aliphatic carbocycles. The summed E-state index contributed by atoms with van der Waals surface area (Å²) in [6.07, 6.45) is 0. The van der Waals surface area contributed by atoms with E-state index in [1.54, 1.807) is 0 Å². The van der Waals surface area contributed by atoms with Crippen LogP contribution in [0.3, 0.4) is 0 Å². The van der Waals surface area contributed by atoms with Gasteiger partial charge in [0.2, 0.25) is 0 Å². The van der Waals surface area contributed by atoms with Gasteiger partial charge in [0, 0.05) is 27.3 Å². The van der Waals surface area contributed by atoms with Gasteiger partial charge in [-0.15, -0.1) is 0 Å². The highest BCUT2D eigenvalue weighted by atomic mass is 79.9. The number of hydrogen-bond acceptors (Lipinski definition) is 2. The second kappa shape index (κ2) is 9.40. The largest absolute Gasteiger partial charge is 0.486 e. The van der Waals surface area contributed by atoms with Crippen LogP contribution in [0, 0.1) is 0 Å². The Kier molecular flexibility index (Phi) is 7.18. The molecular weight excluding hydrogens is 492 g/mol. The van der Waals surface area contributed by atoms with Crippen LogP contribution in [-0.2, 0) is 13.2 Å². The van der Waals surface area contributed by atoms with Gasteiger partial charge in [-0.2, -0.15) is 0 Å². The van der Waals surface area contributed by atoms with E-state index in [-0.39, 0.29) is 6.61 Å². The van der Waals surface area contributed by atoms with Crippen molar-refractivity contribution in [1.29, 1.82) is 0 Å². The lowest BCUT2D eigenvalue weighted by Gasteiger charge is -2.13. The average molecular weight is 506 g/mol. The molecule has 0 radical (unpaired) electrons. The molecule has 3 aromatic carbocycles. The van der Waals surface area contributed by atoms with E-state index >= 15 is 0 Å². The van der Waals surface area contributed by atoms with Gasteiger partial charge >= 0.3 is 0 Å². The van der Waals surface area contributed by atoms with Crippen molar-refractivity contribution in [3.8, 4) is 5.75 Å². The van der Waals surface area contributed by atoms with Gasteiger partial charge in [-0.1, -0.05) is 64.6 Å². The van der Waals surface area contributed by atoms with Crippen molar-refractivity contribution in [3.05, 3.63) is 90.3 Å². The third-order valence-electron chi connectivity index (χ3n) is 3.80. The van der Waals surface area contributed by atoms with E-state index in [0.29, 0.717) is 32.4 Å². The number of halogens is 5. The Labute approximate surface area is 186 Å². The van der Waals surface area contributed by atoms with Crippen molar-refractivity contribution < 1.29 is 4.74 Å². The number of anilines is 1. The minimum atomic E-state index is 0.286. The van der Waals surface area contributed by atoms with E-state index in [1.807, 2.05) is 54.6 Å². The first kappa shape index (κ1) is 20.6. The third-order valence-corrected chi connectivity index (χ3v) is 5.97. The molecule has 3 rings (SSSR count). The number of rotatable bonds is 6. The van der Waals surface area contributed by atoms with Gasteiger partial charge in [0.05, 0.1) is 15.1 Å². The lowest BCUT2D eigenvalue weighted by Crippen LogP contribution is -2.01. The average Bonchev–Trinajstić information content (AvgIpc) is 2.63. The van der Waals surface area contributed by atoms with Gasteiger partial charge in [0.15, 0.2) is 5.75 Å². The van der Waals surface area contributed by atoms with Crippen molar-refractivity contribution in [1.82, 2.24) is 0 Å². The minimum absolute atomic E-state index is 0.286. The van der Waals surface area contributed by atoms with Crippen LogP contribution < -0.4 is 10.1 Å². The zero-order valence-electron chi connectivity index (χ0n) is 13.9. The lowest BCUT2D eigenvalue weighted by atomic mass is 10.2. The van der Waals surface area contributed by atoms with Crippen LogP contribution in [0.5, 0.6) is 5.75 Å². The Morgan fingerprint density at radius 3 is 2.19 bits per heavy atom. The standard InChI is InChI=1S/C20H14BrCl4NO/c21-15-6-5-14(9-17(15)23)26-10-12-7-18(24)20(19(25)8-12)27-11-13-3-1-2-4-16(13)22/h1-9,26H,10-11H2. The highest BCUT2D eigenvalue weighted by molar-refractivity contribution is 9.10. The first-order valence-electron chi connectivity index (χ1n) is 7.97. The molecule has 0 saturated carbocycles. The fraction of sp³-hybridized carbons (Fsp3) is 0.100. The van der Waals surface area contributed by atoms with Crippen LogP contribution in [0.25, 0.3) is 0 Å². The van der Waals surface area contributed by atoms with Crippen LogP contribution in [0.15, 0.2) is 59.1 Å². The van der Waals surface area contributed by atoms with Crippen molar-refractivity contribution in [2.24, 2.45) is 0 Å². The van der Waals surface area contributed by atoms with Gasteiger partial charge in [0.25, 0.3) is 0 Å². The first-order chi connectivity index (χ1) is 12.9. The lowest BCUT2D eigenvalue weighted by molar-refractivity contribution is 0.306. The van der Waals surface area contributed by atoms with Gasteiger partial charge in [-0.25, -0.2) is 0 Å². The molecule has 3 aromatic rings. The second-order valence-corrected chi connectivity index (χ2v) is 8.23. The van der Waals surface area contributed by atoms with E-state index in [2.05, 4.69) is 21.2 Å². The Morgan fingerprint density at radius 2 is 1.52 bits per heavy atom. The number of benzene rings is 3. The van der Waals surface area contributed by atoms with Gasteiger partial charge < -0.3 is 10.1 Å². The van der Waals surface area contributed by atoms with E-state index in [4.69, 9.17) is 51.1 Å². The molecule has 7 heteroatoms. The van der Waals surface area contributed by atoms with Gasteiger partial charge in [-0.3, -0.25) is 0 Å². The van der Waals surface area contributed by atoms with E-state index in [9.17, 15) is 0 Å². The SMILES string of the molecule is Clc1cc(NCc2cc(Cl)c(OCc3ccccc3Cl)c(Cl)c2)ccc1Br. The highest BCUT2D eigenvalue weighted by Gasteiger charge is 2.11. The summed E-state index contributed by atoms with van der Waals surface area (Å²) in [4.78, 5) is 0. The molecule has 2 nitrogen and oxygen atoms in total. The molecule has 0 bridgehead atoms. The first-order valence-corrected chi connectivity index (χ1v) is 10.3. The molecule has 0 unspecified atom stereocenters. The normalized spacial score (nSPS) is 10.7. The van der Waals surface area contributed by atoms with E-state index in [0.717, 1.165) is 21.3 Å². The molecule has 0 spiro atoms. The van der Waals surface area contributed by atoms with Crippen molar-refractivity contribution >= 4 is 68.0 Å². The summed E-state index contributed by atoms with van der Waals surface area (Å²) in [5.74, 6) is 0.439. The number of ether oxygens (including phenoxy) is 1. The minimum Gasteiger partial charge on any atom is -0.486 e. The fourth-order valence-electron chi connectivity index (χ4n) is 2.43. The maximum absolute atomic E-state index is 6.37. The maximum Gasteiger partial charge on any atom is 0.156 e. The summed E-state index contributed by atoms with van der Waals surface area (Å²) >= 11 is 28.4. The summed E-state index contributed by atoms with van der Waals surface area (Å²) in [5, 5.41) is 5.45. The molecule has 0 amide bonds. The molecule has 140 valence electrons. The summed E-state index contributed by atoms with van der Waals surface area (Å²) in [6.45, 7) is 0.830. The van der Waals surface area contributed by atoms with Crippen LogP contribution >= 0.6 is 62.3 Å². The molecule has 0 aromatic heterocycles. The third kappa shape index (κ3) is 5.46. The zero-order valence-corrected chi connectivity index (χ0v) is 18.5. The van der Waals surface area contributed by atoms with Crippen LogP contribution in [0.2, 0.25) is 20.1 Å². The highest BCUT2D eigenvalue weighted by Crippen LogP contribution is 2.35. The molecule has 1 N–H and O–H groups in total. The molecule has 0 fully saturated rings. The van der Waals surface area contributed by atoms with Gasteiger partial charge in [-0.05, 0) is 57.9 Å². The summed E-state index contributed by atoms with van der Waals surface area (Å²) in [6, 6.07) is 16.8. The molecule has 0 atom stereocenters. The Balaban J connectivity index is 1.68. The van der Waals surface area contributed by atoms with Crippen molar-refractivity contribution in [3.63, 3.8) is 0 Å². The Hall–Kier alpha value is -1.10. The zero-order chi connectivity index (χ0) is 19.4. The molecule has 0 saturated heterocycles. The summed E-state index contributed by atoms with van der Waals surface area (Å²) < 4.78 is 6.64. The topological polar surface area (TPSA) is 21.3 Å². The molecule has 0 aliphatic rings. The smallest absolute Gasteiger partial charge is 0.156 e. The number of hydrogen-bond donors (Lipinski definition) is 1. The molecule has 0 aliphatic heterocycles.